The molecule has 1 unspecified atom stereocenters. The molecular formula is C17H27NO. The van der Waals surface area contributed by atoms with Crippen molar-refractivity contribution >= 4 is 0 Å². The Morgan fingerprint density at radius 1 is 1.16 bits per heavy atom. The molecular weight excluding hydrogens is 234 g/mol. The van der Waals surface area contributed by atoms with E-state index in [-0.39, 0.29) is 0 Å². The first-order valence-electron chi connectivity index (χ1n) is 7.61. The summed E-state index contributed by atoms with van der Waals surface area (Å²) in [5.74, 6) is 2.58. The van der Waals surface area contributed by atoms with Gasteiger partial charge in [-0.25, -0.2) is 0 Å². The number of methoxy groups -OCH3 is 1. The largest absolute Gasteiger partial charge is 0.497 e. The van der Waals surface area contributed by atoms with E-state index in [2.05, 4.69) is 19.1 Å². The number of nitrogens with two attached hydrogens (primary N) is 1. The Balaban J connectivity index is 1.84. The second-order valence-electron chi connectivity index (χ2n) is 5.91. The molecule has 0 aromatic heterocycles. The van der Waals surface area contributed by atoms with Gasteiger partial charge in [0.15, 0.2) is 0 Å². The van der Waals surface area contributed by atoms with Crippen LogP contribution >= 0.6 is 0 Å². The molecule has 2 N–H and O–H groups in total. The lowest BCUT2D eigenvalue weighted by Crippen LogP contribution is -2.34. The Hall–Kier alpha value is -1.02. The van der Waals surface area contributed by atoms with Crippen molar-refractivity contribution in [1.82, 2.24) is 0 Å². The molecule has 1 aromatic carbocycles. The maximum atomic E-state index is 6.41. The third kappa shape index (κ3) is 3.97. The number of rotatable bonds is 5. The first kappa shape index (κ1) is 14.4. The van der Waals surface area contributed by atoms with Crippen molar-refractivity contribution in [1.29, 1.82) is 0 Å². The molecule has 1 aliphatic carbocycles. The third-order valence-corrected chi connectivity index (χ3v) is 4.70. The smallest absolute Gasteiger partial charge is 0.118 e. The summed E-state index contributed by atoms with van der Waals surface area (Å²) in [6.07, 6.45) is 7.70. The van der Waals surface area contributed by atoms with Crippen LogP contribution in [0, 0.1) is 11.8 Å². The van der Waals surface area contributed by atoms with Crippen molar-refractivity contribution in [2.24, 2.45) is 17.6 Å². The fourth-order valence-corrected chi connectivity index (χ4v) is 3.23. The Morgan fingerprint density at radius 2 is 1.79 bits per heavy atom. The SMILES string of the molecule is CCC1CCC(C(N)Cc2ccc(OC)cc2)CC1. The highest BCUT2D eigenvalue weighted by atomic mass is 16.5. The molecule has 0 amide bonds. The topological polar surface area (TPSA) is 35.2 Å². The van der Waals surface area contributed by atoms with Crippen molar-refractivity contribution < 1.29 is 4.74 Å². The van der Waals surface area contributed by atoms with Crippen LogP contribution in [0.5, 0.6) is 5.75 Å². The lowest BCUT2D eigenvalue weighted by molar-refractivity contribution is 0.238. The summed E-state index contributed by atoms with van der Waals surface area (Å²) in [5, 5.41) is 0. The van der Waals surface area contributed by atoms with E-state index >= 15 is 0 Å². The van der Waals surface area contributed by atoms with Crippen LogP contribution < -0.4 is 10.5 Å². The Labute approximate surface area is 117 Å². The van der Waals surface area contributed by atoms with Crippen molar-refractivity contribution in [2.75, 3.05) is 7.11 Å². The van der Waals surface area contributed by atoms with E-state index in [9.17, 15) is 0 Å². The zero-order chi connectivity index (χ0) is 13.7. The lowest BCUT2D eigenvalue weighted by atomic mass is 9.76. The van der Waals surface area contributed by atoms with Crippen molar-refractivity contribution in [2.45, 2.75) is 51.5 Å². The summed E-state index contributed by atoms with van der Waals surface area (Å²) in [6, 6.07) is 8.63. The first-order valence-corrected chi connectivity index (χ1v) is 7.61. The molecule has 0 spiro atoms. The molecule has 0 bridgehead atoms. The van der Waals surface area contributed by atoms with Gasteiger partial charge in [-0.3, -0.25) is 0 Å². The van der Waals surface area contributed by atoms with Crippen LogP contribution in [0.2, 0.25) is 0 Å². The summed E-state index contributed by atoms with van der Waals surface area (Å²) < 4.78 is 5.18. The Bertz CT molecular complexity index is 365. The van der Waals surface area contributed by atoms with Gasteiger partial charge >= 0.3 is 0 Å². The zero-order valence-corrected chi connectivity index (χ0v) is 12.3. The standard InChI is InChI=1S/C17H27NO/c1-3-13-4-8-15(9-5-13)17(18)12-14-6-10-16(19-2)11-7-14/h6-7,10-11,13,15,17H,3-5,8-9,12,18H2,1-2H3. The zero-order valence-electron chi connectivity index (χ0n) is 12.3. The number of benzene rings is 1. The molecule has 1 aliphatic rings. The minimum absolute atomic E-state index is 0.311. The van der Waals surface area contributed by atoms with Gasteiger partial charge in [0.1, 0.15) is 5.75 Å². The highest BCUT2D eigenvalue weighted by Gasteiger charge is 2.24. The predicted molar refractivity (Wildman–Crippen MR) is 80.4 cm³/mol. The van der Waals surface area contributed by atoms with Gasteiger partial charge in [0.05, 0.1) is 7.11 Å². The van der Waals surface area contributed by atoms with Crippen molar-refractivity contribution in [3.63, 3.8) is 0 Å². The molecule has 19 heavy (non-hydrogen) atoms. The third-order valence-electron chi connectivity index (χ3n) is 4.70. The second kappa shape index (κ2) is 6.95. The predicted octanol–water partition coefficient (Wildman–Crippen LogP) is 3.78. The molecule has 0 heterocycles. The van der Waals surface area contributed by atoms with Gasteiger partial charge in [0.25, 0.3) is 0 Å². The van der Waals surface area contributed by atoms with Gasteiger partial charge in [-0.1, -0.05) is 38.3 Å². The Morgan fingerprint density at radius 3 is 2.32 bits per heavy atom. The average Bonchev–Trinajstić information content (AvgIpc) is 2.48. The van der Waals surface area contributed by atoms with Gasteiger partial charge in [0, 0.05) is 6.04 Å². The summed E-state index contributed by atoms with van der Waals surface area (Å²) in [6.45, 7) is 2.31. The van der Waals surface area contributed by atoms with Crippen LogP contribution in [0.3, 0.4) is 0 Å². The van der Waals surface area contributed by atoms with E-state index in [1.54, 1.807) is 7.11 Å². The molecule has 2 nitrogen and oxygen atoms in total. The fraction of sp³-hybridized carbons (Fsp3) is 0.647. The first-order chi connectivity index (χ1) is 9.22. The van der Waals surface area contributed by atoms with E-state index in [4.69, 9.17) is 10.5 Å². The molecule has 106 valence electrons. The van der Waals surface area contributed by atoms with E-state index in [0.717, 1.165) is 18.1 Å². The normalized spacial score (nSPS) is 25.0. The van der Waals surface area contributed by atoms with Gasteiger partial charge in [-0.05, 0) is 48.8 Å². The quantitative estimate of drug-likeness (QED) is 0.875. The highest BCUT2D eigenvalue weighted by molar-refractivity contribution is 5.27. The van der Waals surface area contributed by atoms with E-state index in [1.165, 1.54) is 37.7 Å². The number of hydrogen-bond donors (Lipinski definition) is 1. The van der Waals surface area contributed by atoms with E-state index in [0.29, 0.717) is 12.0 Å². The molecule has 0 aliphatic heterocycles. The minimum Gasteiger partial charge on any atom is -0.497 e. The molecule has 0 saturated heterocycles. The molecule has 1 saturated carbocycles. The number of ether oxygens (including phenoxy) is 1. The summed E-state index contributed by atoms with van der Waals surface area (Å²) in [7, 11) is 1.70. The monoisotopic (exact) mass is 261 g/mol. The van der Waals surface area contributed by atoms with Crippen LogP contribution in [0.25, 0.3) is 0 Å². The van der Waals surface area contributed by atoms with E-state index in [1.807, 2.05) is 12.1 Å². The van der Waals surface area contributed by atoms with Gasteiger partial charge < -0.3 is 10.5 Å². The van der Waals surface area contributed by atoms with Crippen molar-refractivity contribution in [3.05, 3.63) is 29.8 Å². The molecule has 1 atom stereocenters. The average molecular weight is 261 g/mol. The lowest BCUT2D eigenvalue weighted by Gasteiger charge is -2.31. The summed E-state index contributed by atoms with van der Waals surface area (Å²) in [5.41, 5.74) is 7.73. The molecule has 1 fully saturated rings. The van der Waals surface area contributed by atoms with Gasteiger partial charge in [0.2, 0.25) is 0 Å². The molecule has 1 aromatic rings. The fourth-order valence-electron chi connectivity index (χ4n) is 3.23. The van der Waals surface area contributed by atoms with Crippen molar-refractivity contribution in [3.8, 4) is 5.75 Å². The summed E-state index contributed by atoms with van der Waals surface area (Å²) in [4.78, 5) is 0. The molecule has 0 radical (unpaired) electrons. The number of hydrogen-bond acceptors (Lipinski definition) is 2. The molecule has 2 rings (SSSR count). The van der Waals surface area contributed by atoms with Crippen LogP contribution in [0.1, 0.15) is 44.6 Å². The maximum Gasteiger partial charge on any atom is 0.118 e. The van der Waals surface area contributed by atoms with Crippen LogP contribution in [-0.4, -0.2) is 13.2 Å². The van der Waals surface area contributed by atoms with Gasteiger partial charge in [-0.15, -0.1) is 0 Å². The van der Waals surface area contributed by atoms with Crippen LogP contribution in [-0.2, 0) is 6.42 Å². The Kier molecular flexibility index (Phi) is 5.26. The van der Waals surface area contributed by atoms with Crippen LogP contribution in [0.15, 0.2) is 24.3 Å². The van der Waals surface area contributed by atoms with Gasteiger partial charge in [-0.2, -0.15) is 0 Å². The highest BCUT2D eigenvalue weighted by Crippen LogP contribution is 2.32. The summed E-state index contributed by atoms with van der Waals surface area (Å²) >= 11 is 0. The van der Waals surface area contributed by atoms with Crippen LogP contribution in [0.4, 0.5) is 0 Å². The minimum atomic E-state index is 0.311. The van der Waals surface area contributed by atoms with E-state index < -0.39 is 0 Å². The molecule has 2 heteroatoms. The maximum absolute atomic E-state index is 6.41. The second-order valence-corrected chi connectivity index (χ2v) is 5.91.